The van der Waals surface area contributed by atoms with Crippen molar-refractivity contribution in [1.29, 1.82) is 0 Å². The van der Waals surface area contributed by atoms with Gasteiger partial charge in [0.05, 0.1) is 7.11 Å². The molecule has 3 rings (SSSR count). The topological polar surface area (TPSA) is 91.9 Å². The smallest absolute Gasteiger partial charge is 0.370 e. The molecule has 0 saturated carbocycles. The molecule has 26 heavy (non-hydrogen) atoms. The number of methoxy groups -OCH3 is 1. The Bertz CT molecular complexity index is 973. The fourth-order valence-electron chi connectivity index (χ4n) is 2.92. The van der Waals surface area contributed by atoms with Gasteiger partial charge in [0.25, 0.3) is 0 Å². The number of hydrogen-bond acceptors (Lipinski definition) is 4. The van der Waals surface area contributed by atoms with Crippen LogP contribution in [0.4, 0.5) is 0 Å². The molecular weight excluding hydrogens is 334 g/mol. The molecule has 6 nitrogen and oxygen atoms in total. The number of aromatic nitrogens is 1. The van der Waals surface area contributed by atoms with Crippen LogP contribution in [0.2, 0.25) is 0 Å². The SMILES string of the molecule is COc1cccc(Cn2cc(C(O)/C=C(/O)C(=O)O)c3ccccc32)c1. The Morgan fingerprint density at radius 3 is 2.69 bits per heavy atom. The van der Waals surface area contributed by atoms with Crippen molar-refractivity contribution in [1.82, 2.24) is 4.57 Å². The standard InChI is InChI=1S/C20H19NO5/c1-26-14-6-4-5-13(9-14)11-21-12-16(15-7-2-3-8-17(15)21)18(22)10-19(23)20(24)25/h2-10,12,18,22-23H,11H2,1H3,(H,24,25)/b19-10+. The summed E-state index contributed by atoms with van der Waals surface area (Å²) >= 11 is 0. The Kier molecular flexibility index (Phi) is 4.95. The number of benzene rings is 2. The maximum atomic E-state index is 10.8. The molecule has 1 unspecified atom stereocenters. The Balaban J connectivity index is 2.02. The van der Waals surface area contributed by atoms with Crippen molar-refractivity contribution in [3.63, 3.8) is 0 Å². The zero-order chi connectivity index (χ0) is 18.7. The third kappa shape index (κ3) is 3.55. The molecule has 3 aromatic rings. The monoisotopic (exact) mass is 353 g/mol. The Morgan fingerprint density at radius 1 is 1.19 bits per heavy atom. The Labute approximate surface area is 150 Å². The lowest BCUT2D eigenvalue weighted by molar-refractivity contribution is -0.135. The maximum absolute atomic E-state index is 10.8. The maximum Gasteiger partial charge on any atom is 0.370 e. The molecule has 0 radical (unpaired) electrons. The first-order chi connectivity index (χ1) is 12.5. The number of carbonyl (C=O) groups is 1. The van der Waals surface area contributed by atoms with Gasteiger partial charge >= 0.3 is 5.97 Å². The van der Waals surface area contributed by atoms with Crippen LogP contribution in [0.3, 0.4) is 0 Å². The first-order valence-electron chi connectivity index (χ1n) is 8.02. The molecule has 0 aliphatic rings. The molecule has 0 spiro atoms. The number of rotatable bonds is 6. The van der Waals surface area contributed by atoms with E-state index in [-0.39, 0.29) is 0 Å². The fourth-order valence-corrected chi connectivity index (χ4v) is 2.92. The van der Waals surface area contributed by atoms with Gasteiger partial charge in [-0.05, 0) is 29.8 Å². The first kappa shape index (κ1) is 17.6. The highest BCUT2D eigenvalue weighted by molar-refractivity contribution is 5.86. The number of aliphatic carboxylic acids is 1. The van der Waals surface area contributed by atoms with Crippen LogP contribution >= 0.6 is 0 Å². The van der Waals surface area contributed by atoms with E-state index in [0.717, 1.165) is 28.3 Å². The number of fused-ring (bicyclic) bond motifs is 1. The average molecular weight is 353 g/mol. The van der Waals surface area contributed by atoms with E-state index < -0.39 is 17.8 Å². The summed E-state index contributed by atoms with van der Waals surface area (Å²) in [5.41, 5.74) is 2.44. The van der Waals surface area contributed by atoms with Gasteiger partial charge in [-0.2, -0.15) is 0 Å². The summed E-state index contributed by atoms with van der Waals surface area (Å²) < 4.78 is 7.22. The number of carboxylic acid groups (broad SMARTS) is 1. The summed E-state index contributed by atoms with van der Waals surface area (Å²) in [7, 11) is 1.61. The third-order valence-corrected chi connectivity index (χ3v) is 4.16. The van der Waals surface area contributed by atoms with Gasteiger partial charge in [-0.1, -0.05) is 30.3 Å². The number of para-hydroxylation sites is 1. The van der Waals surface area contributed by atoms with Crippen LogP contribution in [0.5, 0.6) is 5.75 Å². The van der Waals surface area contributed by atoms with Gasteiger partial charge in [0, 0.05) is 29.2 Å². The minimum atomic E-state index is -1.48. The van der Waals surface area contributed by atoms with Crippen LogP contribution in [0.15, 0.2) is 66.6 Å². The van der Waals surface area contributed by atoms with E-state index in [2.05, 4.69) is 0 Å². The van der Waals surface area contributed by atoms with Gasteiger partial charge in [0.15, 0.2) is 0 Å². The molecule has 0 saturated heterocycles. The second-order valence-electron chi connectivity index (χ2n) is 5.88. The molecule has 0 amide bonds. The Hall–Kier alpha value is -3.25. The minimum absolute atomic E-state index is 0.524. The van der Waals surface area contributed by atoms with Crippen LogP contribution in [-0.4, -0.2) is 33.0 Å². The summed E-state index contributed by atoms with van der Waals surface area (Å²) in [6.07, 6.45) is 1.45. The molecule has 0 bridgehead atoms. The zero-order valence-electron chi connectivity index (χ0n) is 14.2. The van der Waals surface area contributed by atoms with Crippen molar-refractivity contribution >= 4 is 16.9 Å². The van der Waals surface area contributed by atoms with Gasteiger partial charge in [-0.3, -0.25) is 0 Å². The molecule has 1 aromatic heterocycles. The fraction of sp³-hybridized carbons (Fsp3) is 0.150. The van der Waals surface area contributed by atoms with Gasteiger partial charge in [-0.15, -0.1) is 0 Å². The molecule has 0 aliphatic heterocycles. The highest BCUT2D eigenvalue weighted by Crippen LogP contribution is 2.29. The van der Waals surface area contributed by atoms with Crippen molar-refractivity contribution in [2.45, 2.75) is 12.6 Å². The highest BCUT2D eigenvalue weighted by Gasteiger charge is 2.16. The zero-order valence-corrected chi connectivity index (χ0v) is 14.2. The molecule has 2 aromatic carbocycles. The summed E-state index contributed by atoms with van der Waals surface area (Å²) in [6.45, 7) is 0.555. The van der Waals surface area contributed by atoms with Crippen molar-refractivity contribution in [2.24, 2.45) is 0 Å². The number of aliphatic hydroxyl groups excluding tert-OH is 2. The van der Waals surface area contributed by atoms with Gasteiger partial charge < -0.3 is 24.6 Å². The number of carboxylic acids is 1. The van der Waals surface area contributed by atoms with E-state index in [1.807, 2.05) is 53.1 Å². The van der Waals surface area contributed by atoms with E-state index in [1.54, 1.807) is 13.3 Å². The van der Waals surface area contributed by atoms with E-state index in [1.165, 1.54) is 0 Å². The van der Waals surface area contributed by atoms with Crippen molar-refractivity contribution in [3.05, 3.63) is 77.7 Å². The predicted octanol–water partition coefficient (Wildman–Crippen LogP) is 3.26. The van der Waals surface area contributed by atoms with Crippen LogP contribution in [0.1, 0.15) is 17.2 Å². The lowest BCUT2D eigenvalue weighted by atomic mass is 10.1. The number of ether oxygens (including phenoxy) is 1. The van der Waals surface area contributed by atoms with Gasteiger partial charge in [-0.25, -0.2) is 4.79 Å². The molecule has 1 atom stereocenters. The third-order valence-electron chi connectivity index (χ3n) is 4.16. The lowest BCUT2D eigenvalue weighted by Crippen LogP contribution is -2.03. The quantitative estimate of drug-likeness (QED) is 0.467. The first-order valence-corrected chi connectivity index (χ1v) is 8.02. The summed E-state index contributed by atoms with van der Waals surface area (Å²) in [5, 5.41) is 29.4. The van der Waals surface area contributed by atoms with Crippen molar-refractivity contribution in [2.75, 3.05) is 7.11 Å². The largest absolute Gasteiger partial charge is 0.502 e. The average Bonchev–Trinajstić information content (AvgIpc) is 3.00. The van der Waals surface area contributed by atoms with E-state index in [9.17, 15) is 15.0 Å². The molecular formula is C20H19NO5. The molecule has 0 fully saturated rings. The van der Waals surface area contributed by atoms with E-state index in [4.69, 9.17) is 9.84 Å². The van der Waals surface area contributed by atoms with Crippen LogP contribution in [0, 0.1) is 0 Å². The van der Waals surface area contributed by atoms with Gasteiger partial charge in [0.1, 0.15) is 11.9 Å². The number of hydrogen-bond donors (Lipinski definition) is 3. The van der Waals surface area contributed by atoms with Crippen molar-refractivity contribution < 1.29 is 24.9 Å². The van der Waals surface area contributed by atoms with Crippen molar-refractivity contribution in [3.8, 4) is 5.75 Å². The molecule has 3 N–H and O–H groups in total. The van der Waals surface area contributed by atoms with E-state index in [0.29, 0.717) is 12.1 Å². The molecule has 6 heteroatoms. The highest BCUT2D eigenvalue weighted by atomic mass is 16.5. The number of aliphatic hydroxyl groups is 2. The minimum Gasteiger partial charge on any atom is -0.502 e. The summed E-state index contributed by atoms with van der Waals surface area (Å²) in [4.78, 5) is 10.8. The molecule has 134 valence electrons. The number of nitrogens with zero attached hydrogens (tertiary/aromatic N) is 1. The summed E-state index contributed by atoms with van der Waals surface area (Å²) in [5.74, 6) is -1.61. The van der Waals surface area contributed by atoms with Gasteiger partial charge in [0.2, 0.25) is 5.76 Å². The predicted molar refractivity (Wildman–Crippen MR) is 97.3 cm³/mol. The van der Waals surface area contributed by atoms with Crippen LogP contribution < -0.4 is 4.74 Å². The Morgan fingerprint density at radius 2 is 1.96 bits per heavy atom. The molecule has 0 aliphatic carbocycles. The lowest BCUT2D eigenvalue weighted by Gasteiger charge is -2.07. The summed E-state index contributed by atoms with van der Waals surface area (Å²) in [6, 6.07) is 15.2. The van der Waals surface area contributed by atoms with Crippen LogP contribution in [0.25, 0.3) is 10.9 Å². The van der Waals surface area contributed by atoms with Crippen LogP contribution in [-0.2, 0) is 11.3 Å². The second-order valence-corrected chi connectivity index (χ2v) is 5.88. The normalized spacial score (nSPS) is 12.9. The van der Waals surface area contributed by atoms with E-state index >= 15 is 0 Å². The second kappa shape index (κ2) is 7.33. The molecule has 1 heterocycles.